The maximum atomic E-state index is 6.42. The standard InChI is InChI=1S/C31H36O4/c1-4-5-17-32-25-12-13-26(29(19-25)33-20-22-9-7-6-8-10-22)24-18-23-11-14-28-27(30(23)34-21-24)15-16-31(2,3)35-28/h6-14,19,24H,4-5,15-18,20-21H2,1-3H3/t24-/m1/s1. The summed E-state index contributed by atoms with van der Waals surface area (Å²) < 4.78 is 25.0. The molecule has 4 nitrogen and oxygen atoms in total. The highest BCUT2D eigenvalue weighted by Crippen LogP contribution is 2.45. The SMILES string of the molecule is CCCCOc1ccc([C@H]2COc3c(ccc4c3CCC(C)(C)O4)C2)c(OCc2ccccc2)c1. The van der Waals surface area contributed by atoms with E-state index in [4.69, 9.17) is 18.9 Å². The molecule has 0 spiro atoms. The van der Waals surface area contributed by atoms with Gasteiger partial charge >= 0.3 is 0 Å². The minimum atomic E-state index is -0.121. The summed E-state index contributed by atoms with van der Waals surface area (Å²) >= 11 is 0. The average Bonchev–Trinajstić information content (AvgIpc) is 2.87. The number of hydrogen-bond acceptors (Lipinski definition) is 4. The Morgan fingerprint density at radius 3 is 2.69 bits per heavy atom. The maximum Gasteiger partial charge on any atom is 0.129 e. The second-order valence-corrected chi connectivity index (χ2v) is 10.3. The van der Waals surface area contributed by atoms with Gasteiger partial charge in [0.1, 0.15) is 35.2 Å². The number of rotatable bonds is 8. The fourth-order valence-corrected chi connectivity index (χ4v) is 4.95. The van der Waals surface area contributed by atoms with E-state index >= 15 is 0 Å². The topological polar surface area (TPSA) is 36.9 Å². The zero-order valence-electron chi connectivity index (χ0n) is 21.1. The first-order valence-electron chi connectivity index (χ1n) is 12.9. The Hall–Kier alpha value is -3.14. The molecule has 0 aliphatic carbocycles. The van der Waals surface area contributed by atoms with Gasteiger partial charge in [-0.15, -0.1) is 0 Å². The maximum absolute atomic E-state index is 6.42. The molecule has 0 radical (unpaired) electrons. The van der Waals surface area contributed by atoms with Crippen LogP contribution in [0.2, 0.25) is 0 Å². The second-order valence-electron chi connectivity index (χ2n) is 10.3. The van der Waals surface area contributed by atoms with Gasteiger partial charge in [0.05, 0.1) is 13.2 Å². The Morgan fingerprint density at radius 2 is 1.86 bits per heavy atom. The van der Waals surface area contributed by atoms with Crippen molar-refractivity contribution in [1.29, 1.82) is 0 Å². The molecule has 2 aliphatic heterocycles. The van der Waals surface area contributed by atoms with Crippen LogP contribution in [-0.4, -0.2) is 18.8 Å². The predicted molar refractivity (Wildman–Crippen MR) is 139 cm³/mol. The molecule has 0 N–H and O–H groups in total. The van der Waals surface area contributed by atoms with Gasteiger partial charge in [-0.3, -0.25) is 0 Å². The van der Waals surface area contributed by atoms with Gasteiger partial charge in [-0.1, -0.05) is 55.8 Å². The lowest BCUT2D eigenvalue weighted by Crippen LogP contribution is -2.33. The molecule has 0 unspecified atom stereocenters. The van der Waals surface area contributed by atoms with Crippen molar-refractivity contribution in [2.24, 2.45) is 0 Å². The van der Waals surface area contributed by atoms with Gasteiger partial charge in [0.25, 0.3) is 0 Å². The lowest BCUT2D eigenvalue weighted by atomic mass is 9.86. The summed E-state index contributed by atoms with van der Waals surface area (Å²) in [5.74, 6) is 3.95. The fourth-order valence-electron chi connectivity index (χ4n) is 4.95. The van der Waals surface area contributed by atoms with Gasteiger partial charge in [-0.25, -0.2) is 0 Å². The summed E-state index contributed by atoms with van der Waals surface area (Å²) in [5, 5.41) is 0. The first kappa shape index (κ1) is 23.6. The highest BCUT2D eigenvalue weighted by atomic mass is 16.5. The lowest BCUT2D eigenvalue weighted by Gasteiger charge is -2.36. The zero-order chi connectivity index (χ0) is 24.3. The predicted octanol–water partition coefficient (Wildman–Crippen LogP) is 7.27. The van der Waals surface area contributed by atoms with E-state index in [1.54, 1.807) is 0 Å². The highest BCUT2D eigenvalue weighted by molar-refractivity contribution is 5.54. The number of unbranched alkanes of at least 4 members (excludes halogenated alkanes) is 1. The quantitative estimate of drug-likeness (QED) is 0.323. The van der Waals surface area contributed by atoms with Crippen LogP contribution in [0.3, 0.4) is 0 Å². The molecule has 0 saturated carbocycles. The van der Waals surface area contributed by atoms with Gasteiger partial charge in [0.15, 0.2) is 0 Å². The normalized spacial score (nSPS) is 18.0. The molecule has 1 atom stereocenters. The number of benzene rings is 3. The van der Waals surface area contributed by atoms with E-state index < -0.39 is 0 Å². The molecule has 5 rings (SSSR count). The van der Waals surface area contributed by atoms with E-state index in [2.05, 4.69) is 57.2 Å². The van der Waals surface area contributed by atoms with Crippen molar-refractivity contribution in [2.75, 3.05) is 13.2 Å². The van der Waals surface area contributed by atoms with Gasteiger partial charge in [0, 0.05) is 23.1 Å². The summed E-state index contributed by atoms with van der Waals surface area (Å²) in [5.41, 5.74) is 4.67. The fraction of sp³-hybridized carbons (Fsp3) is 0.419. The van der Waals surface area contributed by atoms with Gasteiger partial charge < -0.3 is 18.9 Å². The molecular weight excluding hydrogens is 436 g/mol. The molecule has 0 amide bonds. The minimum absolute atomic E-state index is 0.121. The van der Waals surface area contributed by atoms with Gasteiger partial charge in [-0.05, 0) is 62.8 Å². The van der Waals surface area contributed by atoms with E-state index in [9.17, 15) is 0 Å². The Labute approximate surface area is 209 Å². The van der Waals surface area contributed by atoms with Gasteiger partial charge in [0.2, 0.25) is 0 Å². The van der Waals surface area contributed by atoms with Crippen molar-refractivity contribution >= 4 is 0 Å². The second kappa shape index (κ2) is 10.2. The highest BCUT2D eigenvalue weighted by Gasteiger charge is 2.32. The molecule has 3 aromatic rings. The van der Waals surface area contributed by atoms with E-state index in [1.807, 2.05) is 24.3 Å². The molecule has 3 aromatic carbocycles. The van der Waals surface area contributed by atoms with Crippen molar-refractivity contribution in [3.05, 3.63) is 82.9 Å². The summed E-state index contributed by atoms with van der Waals surface area (Å²) in [7, 11) is 0. The van der Waals surface area contributed by atoms with Crippen LogP contribution >= 0.6 is 0 Å². The summed E-state index contributed by atoms with van der Waals surface area (Å²) in [6.07, 6.45) is 5.07. The van der Waals surface area contributed by atoms with E-state index in [-0.39, 0.29) is 11.5 Å². The Balaban J connectivity index is 1.38. The Morgan fingerprint density at radius 1 is 1.00 bits per heavy atom. The van der Waals surface area contributed by atoms with Crippen molar-refractivity contribution in [3.8, 4) is 23.0 Å². The van der Waals surface area contributed by atoms with E-state index in [0.29, 0.717) is 13.2 Å². The first-order chi connectivity index (χ1) is 17.0. The number of ether oxygens (including phenoxy) is 4. The van der Waals surface area contributed by atoms with Crippen molar-refractivity contribution in [2.45, 2.75) is 71.0 Å². The smallest absolute Gasteiger partial charge is 0.129 e. The molecule has 184 valence electrons. The largest absolute Gasteiger partial charge is 0.493 e. The summed E-state index contributed by atoms with van der Waals surface area (Å²) in [4.78, 5) is 0. The molecule has 0 saturated heterocycles. The van der Waals surface area contributed by atoms with Crippen LogP contribution in [0.1, 0.15) is 68.2 Å². The van der Waals surface area contributed by atoms with Crippen LogP contribution in [0.5, 0.6) is 23.0 Å². The number of hydrogen-bond donors (Lipinski definition) is 0. The molecule has 2 aliphatic rings. The third kappa shape index (κ3) is 5.42. The summed E-state index contributed by atoms with van der Waals surface area (Å²) in [6.45, 7) is 8.35. The molecule has 2 heterocycles. The van der Waals surface area contributed by atoms with Gasteiger partial charge in [-0.2, -0.15) is 0 Å². The number of fused-ring (bicyclic) bond motifs is 3. The Kier molecular flexibility index (Phi) is 6.90. The van der Waals surface area contributed by atoms with Crippen molar-refractivity contribution in [3.63, 3.8) is 0 Å². The molecule has 0 bridgehead atoms. The molecule has 4 heteroatoms. The molecular formula is C31H36O4. The van der Waals surface area contributed by atoms with Crippen LogP contribution in [0.4, 0.5) is 0 Å². The van der Waals surface area contributed by atoms with Crippen LogP contribution < -0.4 is 18.9 Å². The van der Waals surface area contributed by atoms with Crippen molar-refractivity contribution < 1.29 is 18.9 Å². The van der Waals surface area contributed by atoms with Crippen LogP contribution in [0.15, 0.2) is 60.7 Å². The monoisotopic (exact) mass is 472 g/mol. The van der Waals surface area contributed by atoms with Crippen LogP contribution in [0, 0.1) is 0 Å². The molecule has 0 aromatic heterocycles. The molecule has 0 fully saturated rings. The van der Waals surface area contributed by atoms with Crippen LogP contribution in [0.25, 0.3) is 0 Å². The summed E-state index contributed by atoms with van der Waals surface area (Å²) in [6, 6.07) is 20.9. The van der Waals surface area contributed by atoms with Crippen LogP contribution in [-0.2, 0) is 19.4 Å². The zero-order valence-corrected chi connectivity index (χ0v) is 21.1. The third-order valence-electron chi connectivity index (χ3n) is 6.99. The Bertz CT molecular complexity index is 1150. The third-order valence-corrected chi connectivity index (χ3v) is 6.99. The van der Waals surface area contributed by atoms with Crippen molar-refractivity contribution in [1.82, 2.24) is 0 Å². The average molecular weight is 473 g/mol. The van der Waals surface area contributed by atoms with E-state index in [0.717, 1.165) is 67.3 Å². The van der Waals surface area contributed by atoms with E-state index in [1.165, 1.54) is 16.7 Å². The minimum Gasteiger partial charge on any atom is -0.493 e. The lowest BCUT2D eigenvalue weighted by molar-refractivity contribution is 0.0826. The molecule has 35 heavy (non-hydrogen) atoms. The first-order valence-corrected chi connectivity index (χ1v) is 12.9.